The highest BCUT2D eigenvalue weighted by molar-refractivity contribution is 7.91. The molecule has 6 N–H and O–H groups in total. The number of nitrogens with zero attached hydrogens (tertiary/aromatic N) is 3. The zero-order valence-electron chi connectivity index (χ0n) is 30.2. The first-order chi connectivity index (χ1) is 24.8. The van der Waals surface area contributed by atoms with Gasteiger partial charge in [-0.15, -0.1) is 0 Å². The van der Waals surface area contributed by atoms with Gasteiger partial charge in [0.15, 0.2) is 0 Å². The van der Waals surface area contributed by atoms with Crippen molar-refractivity contribution in [2.24, 2.45) is 17.6 Å². The van der Waals surface area contributed by atoms with E-state index in [4.69, 9.17) is 16.2 Å². The van der Waals surface area contributed by atoms with Crippen molar-refractivity contribution in [3.63, 3.8) is 0 Å². The standard InChI is InChI=1S/C38H51N7O6S/c1-24(2)45-31-18-12-16-29(39)33(31)42-37(45)51-27-22-32(34(40)46)44(23-27)36(48)30(41-26-14-9-7-10-15-26)17-11-6-4-5-8-13-25-21-28(25)35(47)43-52(49,50)38(3)19-20-38/h7-10,12-16,18,24-25,27-28,30,32,41H,4-6,11,17,19-23,39H2,1-3H3,(H2,40,46)(H,43,47)/b13-8-/t25-,27-,28+,30+,32+/m1/s1. The van der Waals surface area contributed by atoms with Crippen LogP contribution in [0.2, 0.25) is 0 Å². The van der Waals surface area contributed by atoms with Gasteiger partial charge in [-0.1, -0.05) is 49.3 Å². The van der Waals surface area contributed by atoms with E-state index < -0.39 is 44.8 Å². The topological polar surface area (TPSA) is 192 Å². The van der Waals surface area contributed by atoms with Gasteiger partial charge in [0.2, 0.25) is 27.7 Å². The van der Waals surface area contributed by atoms with Crippen LogP contribution in [0.1, 0.15) is 84.6 Å². The van der Waals surface area contributed by atoms with Gasteiger partial charge in [0.1, 0.15) is 23.7 Å². The maximum Gasteiger partial charge on any atom is 0.298 e. The number of nitrogen functional groups attached to an aromatic ring is 1. The number of amides is 3. The van der Waals surface area contributed by atoms with E-state index in [1.54, 1.807) is 17.9 Å². The summed E-state index contributed by atoms with van der Waals surface area (Å²) in [5.41, 5.74) is 14.9. The molecule has 2 aliphatic carbocycles. The van der Waals surface area contributed by atoms with Crippen LogP contribution in [0.5, 0.6) is 6.01 Å². The Kier molecular flexibility index (Phi) is 10.8. The second-order valence-corrected chi connectivity index (χ2v) is 17.2. The Morgan fingerprint density at radius 1 is 1.06 bits per heavy atom. The number of sulfonamides is 1. The summed E-state index contributed by atoms with van der Waals surface area (Å²) < 4.78 is 34.6. The zero-order valence-corrected chi connectivity index (χ0v) is 31.0. The summed E-state index contributed by atoms with van der Waals surface area (Å²) in [7, 11) is -3.61. The summed E-state index contributed by atoms with van der Waals surface area (Å²) in [6.07, 6.45) is 9.55. The van der Waals surface area contributed by atoms with E-state index in [2.05, 4.69) is 21.1 Å². The lowest BCUT2D eigenvalue weighted by Crippen LogP contribution is -2.49. The third-order valence-corrected chi connectivity index (χ3v) is 12.7. The molecule has 2 heterocycles. The molecule has 1 aliphatic heterocycles. The van der Waals surface area contributed by atoms with E-state index in [0.717, 1.165) is 36.9 Å². The number of nitrogens with two attached hydrogens (primary N) is 2. The molecule has 1 saturated heterocycles. The Labute approximate surface area is 305 Å². The number of nitrogens with one attached hydrogen (secondary N) is 2. The van der Waals surface area contributed by atoms with Gasteiger partial charge in [-0.05, 0) is 89.5 Å². The minimum Gasteiger partial charge on any atom is -0.459 e. The van der Waals surface area contributed by atoms with Gasteiger partial charge in [-0.2, -0.15) is 4.98 Å². The van der Waals surface area contributed by atoms with Gasteiger partial charge < -0.3 is 26.4 Å². The maximum absolute atomic E-state index is 14.2. The minimum atomic E-state index is -3.61. The molecule has 2 saturated carbocycles. The molecule has 6 rings (SSSR count). The fourth-order valence-electron chi connectivity index (χ4n) is 7.00. The van der Waals surface area contributed by atoms with Crippen LogP contribution in [-0.4, -0.2) is 70.1 Å². The molecule has 1 aromatic heterocycles. The second kappa shape index (κ2) is 15.2. The summed E-state index contributed by atoms with van der Waals surface area (Å²) in [4.78, 5) is 45.6. The molecule has 3 aliphatic rings. The van der Waals surface area contributed by atoms with E-state index in [9.17, 15) is 22.8 Å². The summed E-state index contributed by atoms with van der Waals surface area (Å²) in [6, 6.07) is 14.1. The molecule has 13 nitrogen and oxygen atoms in total. The Balaban J connectivity index is 1.04. The number of fused-ring (bicyclic) bond motifs is 1. The van der Waals surface area contributed by atoms with Gasteiger partial charge in [0.25, 0.3) is 6.01 Å². The molecule has 0 radical (unpaired) electrons. The predicted molar refractivity (Wildman–Crippen MR) is 201 cm³/mol. The first-order valence-electron chi connectivity index (χ1n) is 18.4. The molecule has 0 unspecified atom stereocenters. The van der Waals surface area contributed by atoms with Gasteiger partial charge in [0.05, 0.1) is 22.5 Å². The smallest absolute Gasteiger partial charge is 0.298 e. The van der Waals surface area contributed by atoms with E-state index in [-0.39, 0.29) is 36.8 Å². The van der Waals surface area contributed by atoms with Crippen LogP contribution in [0.25, 0.3) is 11.0 Å². The van der Waals surface area contributed by atoms with Crippen LogP contribution in [0.4, 0.5) is 11.4 Å². The van der Waals surface area contributed by atoms with Gasteiger partial charge in [-0.3, -0.25) is 23.7 Å². The normalized spacial score (nSPS) is 22.8. The number of unbranched alkanes of at least 4 members (excludes halogenated alkanes) is 3. The van der Waals surface area contributed by atoms with Crippen molar-refractivity contribution in [1.82, 2.24) is 19.2 Å². The van der Waals surface area contributed by atoms with Gasteiger partial charge >= 0.3 is 0 Å². The second-order valence-electron chi connectivity index (χ2n) is 15.0. The van der Waals surface area contributed by atoms with Crippen molar-refractivity contribution >= 4 is 50.2 Å². The van der Waals surface area contributed by atoms with E-state index >= 15 is 0 Å². The third kappa shape index (κ3) is 8.22. The van der Waals surface area contributed by atoms with Gasteiger partial charge in [0, 0.05) is 24.1 Å². The van der Waals surface area contributed by atoms with Crippen LogP contribution in [0.3, 0.4) is 0 Å². The minimum absolute atomic E-state index is 0.0292. The molecule has 14 heteroatoms. The Morgan fingerprint density at radius 2 is 1.81 bits per heavy atom. The molecule has 3 amide bonds. The summed E-state index contributed by atoms with van der Waals surface area (Å²) in [6.45, 7) is 5.91. The van der Waals surface area contributed by atoms with Crippen molar-refractivity contribution < 1.29 is 27.5 Å². The predicted octanol–water partition coefficient (Wildman–Crippen LogP) is 4.66. The fourth-order valence-corrected chi connectivity index (χ4v) is 8.30. The number of anilines is 2. The maximum atomic E-state index is 14.2. The SMILES string of the molecule is CC(C)n1c(O[C@@H]2C[C@@H](C(N)=O)N(C(=O)[C@H](CCCCC/C=C\[C@@H]3C[C@@H]3C(=O)NS(=O)(=O)C3(C)CC3)Nc3ccccc3)C2)nc2c(N)cccc21. The number of primary amides is 1. The molecule has 3 aromatic rings. The monoisotopic (exact) mass is 733 g/mol. The number of hydrogen-bond acceptors (Lipinski definition) is 9. The number of likely N-dealkylation sites (tertiary alicyclic amines) is 1. The number of allylic oxidation sites excluding steroid dienone is 2. The van der Waals surface area contributed by atoms with Crippen molar-refractivity contribution in [3.8, 4) is 6.01 Å². The van der Waals surface area contributed by atoms with Crippen molar-refractivity contribution in [1.29, 1.82) is 0 Å². The molecule has 52 heavy (non-hydrogen) atoms. The average molecular weight is 734 g/mol. The first kappa shape index (κ1) is 37.2. The Hall–Kier alpha value is -4.59. The Morgan fingerprint density at radius 3 is 2.50 bits per heavy atom. The summed E-state index contributed by atoms with van der Waals surface area (Å²) in [5, 5.41) is 3.39. The number of aromatic nitrogens is 2. The number of hydrogen-bond donors (Lipinski definition) is 4. The largest absolute Gasteiger partial charge is 0.459 e. The summed E-state index contributed by atoms with van der Waals surface area (Å²) in [5.74, 6) is -1.43. The average Bonchev–Trinajstić information content (AvgIpc) is 3.97. The highest BCUT2D eigenvalue weighted by atomic mass is 32.2. The van der Waals surface area contributed by atoms with Crippen LogP contribution in [0, 0.1) is 11.8 Å². The lowest BCUT2D eigenvalue weighted by atomic mass is 10.0. The molecular formula is C38H51N7O6S. The molecule has 2 aromatic carbocycles. The lowest BCUT2D eigenvalue weighted by Gasteiger charge is -2.28. The molecule has 5 atom stereocenters. The Bertz CT molecular complexity index is 1920. The van der Waals surface area contributed by atoms with Crippen molar-refractivity contribution in [2.75, 3.05) is 17.6 Å². The van der Waals surface area contributed by atoms with Crippen LogP contribution < -0.4 is 26.2 Å². The quantitative estimate of drug-likeness (QED) is 0.0869. The van der Waals surface area contributed by atoms with Crippen LogP contribution in [-0.2, 0) is 24.4 Å². The molecular weight excluding hydrogens is 683 g/mol. The highest BCUT2D eigenvalue weighted by Crippen LogP contribution is 2.44. The molecule has 280 valence electrons. The molecule has 3 fully saturated rings. The lowest BCUT2D eigenvalue weighted by molar-refractivity contribution is -0.138. The number of carbonyl (C=O) groups is 3. The van der Waals surface area contributed by atoms with E-state index in [1.165, 1.54) is 0 Å². The first-order valence-corrected chi connectivity index (χ1v) is 19.8. The number of para-hydroxylation sites is 2. The molecule has 0 spiro atoms. The number of imidazole rings is 1. The van der Waals surface area contributed by atoms with Crippen molar-refractivity contribution in [2.45, 2.75) is 108 Å². The van der Waals surface area contributed by atoms with Crippen molar-refractivity contribution in [3.05, 3.63) is 60.7 Å². The van der Waals surface area contributed by atoms with Gasteiger partial charge in [-0.25, -0.2) is 8.42 Å². The third-order valence-electron chi connectivity index (χ3n) is 10.6. The van der Waals surface area contributed by atoms with Crippen LogP contribution in [0.15, 0.2) is 60.7 Å². The summed E-state index contributed by atoms with van der Waals surface area (Å²) >= 11 is 0. The van der Waals surface area contributed by atoms with E-state index in [1.807, 2.05) is 67.0 Å². The number of ether oxygens (including phenoxy) is 1. The number of rotatable bonds is 17. The van der Waals surface area contributed by atoms with Crippen LogP contribution >= 0.6 is 0 Å². The van der Waals surface area contributed by atoms with E-state index in [0.29, 0.717) is 42.9 Å². The fraction of sp³-hybridized carbons (Fsp3) is 0.526. The number of benzene rings is 2. The molecule has 0 bridgehead atoms. The number of carbonyl (C=O) groups excluding carboxylic acids is 3. The highest BCUT2D eigenvalue weighted by Gasteiger charge is 2.52. The zero-order chi connectivity index (χ0) is 37.2.